The Hall–Kier alpha value is -1.03. The minimum absolute atomic E-state index is 0.159. The molecule has 4 heteroatoms. The summed E-state index contributed by atoms with van der Waals surface area (Å²) in [5.41, 5.74) is 0.909. The van der Waals surface area contributed by atoms with Crippen LogP contribution in [0.25, 0.3) is 0 Å². The Morgan fingerprint density at radius 3 is 2.95 bits per heavy atom. The number of benzene rings is 1. The highest BCUT2D eigenvalue weighted by molar-refractivity contribution is 9.09. The quantitative estimate of drug-likeness (QED) is 0.774. The monoisotopic (exact) mass is 325 g/mol. The van der Waals surface area contributed by atoms with Gasteiger partial charge in [0.15, 0.2) is 0 Å². The summed E-state index contributed by atoms with van der Waals surface area (Å²) in [5, 5.41) is 0.924. The number of carbonyl (C=O) groups is 1. The molecular formula is C15H20BrNO2. The van der Waals surface area contributed by atoms with Crippen molar-refractivity contribution in [2.75, 3.05) is 23.4 Å². The third-order valence-electron chi connectivity index (χ3n) is 3.39. The zero-order valence-electron chi connectivity index (χ0n) is 11.3. The Balaban J connectivity index is 2.23. The van der Waals surface area contributed by atoms with E-state index in [1.54, 1.807) is 0 Å². The van der Waals surface area contributed by atoms with Crippen LogP contribution in [0.3, 0.4) is 0 Å². The van der Waals surface area contributed by atoms with E-state index in [2.05, 4.69) is 22.9 Å². The summed E-state index contributed by atoms with van der Waals surface area (Å²) in [5.74, 6) is 1.46. The van der Waals surface area contributed by atoms with Gasteiger partial charge in [0.1, 0.15) is 5.75 Å². The molecule has 2 rings (SSSR count). The first-order valence-corrected chi connectivity index (χ1v) is 7.96. The molecule has 3 nitrogen and oxygen atoms in total. The smallest absolute Gasteiger partial charge is 0.230 e. The van der Waals surface area contributed by atoms with Crippen LogP contribution in [0.4, 0.5) is 5.69 Å². The van der Waals surface area contributed by atoms with Crippen molar-refractivity contribution in [3.63, 3.8) is 0 Å². The molecule has 0 bridgehead atoms. The maximum absolute atomic E-state index is 12.3. The molecule has 1 aliphatic rings. The number of halogens is 1. The summed E-state index contributed by atoms with van der Waals surface area (Å²) in [6.45, 7) is 3.41. The first-order chi connectivity index (χ1) is 9.26. The zero-order chi connectivity index (χ0) is 13.7. The van der Waals surface area contributed by atoms with Crippen molar-refractivity contribution in [1.82, 2.24) is 0 Å². The molecule has 1 atom stereocenters. The molecule has 1 aromatic carbocycles. The average molecular weight is 326 g/mol. The van der Waals surface area contributed by atoms with Gasteiger partial charge in [-0.25, -0.2) is 0 Å². The van der Waals surface area contributed by atoms with E-state index in [0.29, 0.717) is 18.9 Å². The Morgan fingerprint density at radius 2 is 2.21 bits per heavy atom. The summed E-state index contributed by atoms with van der Waals surface area (Å²) in [6.07, 6.45) is 2.71. The lowest BCUT2D eigenvalue weighted by Crippen LogP contribution is -2.35. The molecule has 0 spiro atoms. The molecular weight excluding hydrogens is 306 g/mol. The van der Waals surface area contributed by atoms with Gasteiger partial charge in [-0.15, -0.1) is 0 Å². The second-order valence-corrected chi connectivity index (χ2v) is 5.53. The Bertz CT molecular complexity index is 436. The van der Waals surface area contributed by atoms with Crippen molar-refractivity contribution in [3.8, 4) is 5.75 Å². The van der Waals surface area contributed by atoms with Crippen molar-refractivity contribution in [3.05, 3.63) is 24.3 Å². The van der Waals surface area contributed by atoms with Gasteiger partial charge in [0, 0.05) is 11.9 Å². The molecule has 0 aliphatic carbocycles. The molecule has 0 saturated carbocycles. The van der Waals surface area contributed by atoms with E-state index < -0.39 is 0 Å². The van der Waals surface area contributed by atoms with Crippen LogP contribution in [-0.2, 0) is 4.79 Å². The number of ether oxygens (including phenoxy) is 1. The lowest BCUT2D eigenvalue weighted by molar-refractivity contribution is -0.118. The van der Waals surface area contributed by atoms with E-state index >= 15 is 0 Å². The van der Waals surface area contributed by atoms with Gasteiger partial charge in [0.25, 0.3) is 0 Å². The highest BCUT2D eigenvalue weighted by Gasteiger charge is 2.25. The SMILES string of the molecule is CCCC(CBr)CN1C(=O)CCOc2ccccc21. The predicted molar refractivity (Wildman–Crippen MR) is 81.1 cm³/mol. The molecule has 0 fully saturated rings. The van der Waals surface area contributed by atoms with Gasteiger partial charge in [-0.05, 0) is 24.5 Å². The van der Waals surface area contributed by atoms with Crippen LogP contribution in [0.15, 0.2) is 24.3 Å². The fourth-order valence-corrected chi connectivity index (χ4v) is 2.93. The van der Waals surface area contributed by atoms with Gasteiger partial charge in [-0.3, -0.25) is 4.79 Å². The zero-order valence-corrected chi connectivity index (χ0v) is 12.9. The van der Waals surface area contributed by atoms with Crippen LogP contribution in [0.5, 0.6) is 5.75 Å². The fraction of sp³-hybridized carbons (Fsp3) is 0.533. The summed E-state index contributed by atoms with van der Waals surface area (Å²) in [7, 11) is 0. The number of hydrogen-bond acceptors (Lipinski definition) is 2. The molecule has 1 aliphatic heterocycles. The number of para-hydroxylation sites is 2. The largest absolute Gasteiger partial charge is 0.491 e. The van der Waals surface area contributed by atoms with Gasteiger partial charge in [-0.2, -0.15) is 0 Å². The van der Waals surface area contributed by atoms with Crippen LogP contribution < -0.4 is 9.64 Å². The third-order valence-corrected chi connectivity index (χ3v) is 4.30. The van der Waals surface area contributed by atoms with Crippen LogP contribution in [-0.4, -0.2) is 24.4 Å². The molecule has 1 unspecified atom stereocenters. The molecule has 0 saturated heterocycles. The van der Waals surface area contributed by atoms with Crippen LogP contribution in [0.1, 0.15) is 26.2 Å². The highest BCUT2D eigenvalue weighted by atomic mass is 79.9. The number of anilines is 1. The number of carbonyl (C=O) groups excluding carboxylic acids is 1. The molecule has 0 radical (unpaired) electrons. The predicted octanol–water partition coefficient (Wildman–Crippen LogP) is 3.61. The van der Waals surface area contributed by atoms with Crippen LogP contribution in [0.2, 0.25) is 0 Å². The van der Waals surface area contributed by atoms with Crippen molar-refractivity contribution in [2.45, 2.75) is 26.2 Å². The van der Waals surface area contributed by atoms with E-state index in [9.17, 15) is 4.79 Å². The Morgan fingerprint density at radius 1 is 1.42 bits per heavy atom. The normalized spacial score (nSPS) is 16.5. The van der Waals surface area contributed by atoms with Crippen LogP contribution >= 0.6 is 15.9 Å². The molecule has 19 heavy (non-hydrogen) atoms. The maximum atomic E-state index is 12.3. The number of alkyl halides is 1. The second kappa shape index (κ2) is 6.94. The summed E-state index contributed by atoms with van der Waals surface area (Å²) in [4.78, 5) is 14.2. The molecule has 104 valence electrons. The topological polar surface area (TPSA) is 29.5 Å². The van der Waals surface area contributed by atoms with Gasteiger partial charge in [0.2, 0.25) is 5.91 Å². The van der Waals surface area contributed by atoms with Crippen molar-refractivity contribution in [2.24, 2.45) is 5.92 Å². The number of rotatable bonds is 5. The summed E-state index contributed by atoms with van der Waals surface area (Å²) in [6, 6.07) is 7.80. The van der Waals surface area contributed by atoms with E-state index in [1.807, 2.05) is 29.2 Å². The Labute approximate surface area is 123 Å². The number of nitrogens with zero attached hydrogens (tertiary/aromatic N) is 1. The Kier molecular flexibility index (Phi) is 5.25. The number of amides is 1. The molecule has 1 aromatic rings. The van der Waals surface area contributed by atoms with Gasteiger partial charge >= 0.3 is 0 Å². The summed E-state index contributed by atoms with van der Waals surface area (Å²) >= 11 is 3.55. The van der Waals surface area contributed by atoms with Gasteiger partial charge in [-0.1, -0.05) is 41.4 Å². The lowest BCUT2D eigenvalue weighted by Gasteiger charge is -2.26. The van der Waals surface area contributed by atoms with Crippen LogP contribution in [0, 0.1) is 5.92 Å². The minimum atomic E-state index is 0.159. The first kappa shape index (κ1) is 14.4. The van der Waals surface area contributed by atoms with E-state index in [-0.39, 0.29) is 5.91 Å². The standard InChI is InChI=1S/C15H20BrNO2/c1-2-5-12(10-16)11-17-13-6-3-4-7-14(13)19-9-8-15(17)18/h3-4,6-7,12H,2,5,8-11H2,1H3. The van der Waals surface area contributed by atoms with E-state index in [1.165, 1.54) is 0 Å². The fourth-order valence-electron chi connectivity index (χ4n) is 2.40. The van der Waals surface area contributed by atoms with Gasteiger partial charge in [0.05, 0.1) is 18.7 Å². The maximum Gasteiger partial charge on any atom is 0.230 e. The van der Waals surface area contributed by atoms with Crippen molar-refractivity contribution in [1.29, 1.82) is 0 Å². The summed E-state index contributed by atoms with van der Waals surface area (Å²) < 4.78 is 5.65. The van der Waals surface area contributed by atoms with Crippen molar-refractivity contribution >= 4 is 27.5 Å². The number of fused-ring (bicyclic) bond motifs is 1. The molecule has 0 aromatic heterocycles. The second-order valence-electron chi connectivity index (χ2n) is 4.88. The molecule has 1 amide bonds. The van der Waals surface area contributed by atoms with E-state index in [4.69, 9.17) is 4.74 Å². The minimum Gasteiger partial charge on any atom is -0.491 e. The van der Waals surface area contributed by atoms with Crippen molar-refractivity contribution < 1.29 is 9.53 Å². The highest BCUT2D eigenvalue weighted by Crippen LogP contribution is 2.32. The first-order valence-electron chi connectivity index (χ1n) is 6.84. The van der Waals surface area contributed by atoms with E-state index in [0.717, 1.165) is 36.2 Å². The van der Waals surface area contributed by atoms with Gasteiger partial charge < -0.3 is 9.64 Å². The average Bonchev–Trinajstić information content (AvgIpc) is 2.58. The molecule has 1 heterocycles. The third kappa shape index (κ3) is 3.50. The number of hydrogen-bond donors (Lipinski definition) is 0. The lowest BCUT2D eigenvalue weighted by atomic mass is 10.0. The molecule has 0 N–H and O–H groups in total.